The molecule has 5 rings (SSSR count). The second kappa shape index (κ2) is 11.5. The Morgan fingerprint density at radius 3 is 2.56 bits per heavy atom. The Morgan fingerprint density at radius 2 is 1.81 bits per heavy atom. The van der Waals surface area contributed by atoms with Crippen LogP contribution in [0.1, 0.15) is 72.2 Å². The number of rotatable bonds is 7. The third-order valence-electron chi connectivity index (χ3n) is 7.50. The standard InChI is InChI=1S/C28H33ClN4O3/c29-23-13-11-21(12-14-23)25-15-27(34)26(18-32(25)16-20-7-3-1-4-8-20)33-17-24(30-31-33)19-36-28(35)22-9-5-2-6-10-22/h2,5-6,9-14,17,20,25-27,34H,1,3-4,7-8,15-16,18-19H2/t25-,26+,27-/m1/s1. The predicted octanol–water partition coefficient (Wildman–Crippen LogP) is 5.22. The number of carbonyl (C=O) groups excluding carboxylic acids is 1. The van der Waals surface area contributed by atoms with Crippen LogP contribution >= 0.6 is 11.6 Å². The molecule has 1 saturated carbocycles. The van der Waals surface area contributed by atoms with Crippen molar-refractivity contribution < 1.29 is 14.6 Å². The van der Waals surface area contributed by atoms with Gasteiger partial charge in [0, 0.05) is 24.2 Å². The molecule has 0 unspecified atom stereocenters. The van der Waals surface area contributed by atoms with Gasteiger partial charge >= 0.3 is 5.97 Å². The van der Waals surface area contributed by atoms with Crippen molar-refractivity contribution in [2.45, 2.75) is 63.3 Å². The Labute approximate surface area is 217 Å². The zero-order valence-corrected chi connectivity index (χ0v) is 21.1. The zero-order valence-electron chi connectivity index (χ0n) is 20.4. The number of ether oxygens (including phenoxy) is 1. The first kappa shape index (κ1) is 24.9. The fourth-order valence-corrected chi connectivity index (χ4v) is 5.68. The van der Waals surface area contributed by atoms with Crippen molar-refractivity contribution >= 4 is 17.6 Å². The van der Waals surface area contributed by atoms with Gasteiger partial charge in [0.2, 0.25) is 0 Å². The van der Waals surface area contributed by atoms with Gasteiger partial charge in [0.1, 0.15) is 12.3 Å². The van der Waals surface area contributed by atoms with Crippen LogP contribution in [0.15, 0.2) is 60.8 Å². The number of hydrogen-bond acceptors (Lipinski definition) is 6. The molecule has 1 aliphatic heterocycles. The van der Waals surface area contributed by atoms with E-state index in [0.29, 0.717) is 30.1 Å². The molecule has 2 fully saturated rings. The number of benzene rings is 2. The molecule has 0 amide bonds. The van der Waals surface area contributed by atoms with Gasteiger partial charge in [-0.2, -0.15) is 0 Å². The van der Waals surface area contributed by atoms with Crippen molar-refractivity contribution in [3.8, 4) is 0 Å². The molecule has 1 N–H and O–H groups in total. The van der Waals surface area contributed by atoms with Crippen LogP contribution in [-0.2, 0) is 11.3 Å². The average Bonchev–Trinajstić information content (AvgIpc) is 3.38. The first-order valence-corrected chi connectivity index (χ1v) is 13.2. The lowest BCUT2D eigenvalue weighted by molar-refractivity contribution is -0.0154. The summed E-state index contributed by atoms with van der Waals surface area (Å²) in [5.74, 6) is 0.278. The summed E-state index contributed by atoms with van der Waals surface area (Å²) in [5, 5.41) is 20.4. The average molecular weight is 509 g/mol. The Morgan fingerprint density at radius 1 is 1.06 bits per heavy atom. The van der Waals surface area contributed by atoms with E-state index in [1.54, 1.807) is 35.1 Å². The van der Waals surface area contributed by atoms with E-state index in [4.69, 9.17) is 16.3 Å². The van der Waals surface area contributed by atoms with Gasteiger partial charge in [-0.25, -0.2) is 9.48 Å². The lowest BCUT2D eigenvalue weighted by Crippen LogP contribution is -2.47. The fourth-order valence-electron chi connectivity index (χ4n) is 5.56. The van der Waals surface area contributed by atoms with E-state index in [2.05, 4.69) is 27.3 Å². The molecule has 0 bridgehead atoms. The first-order valence-electron chi connectivity index (χ1n) is 12.9. The van der Waals surface area contributed by atoms with Crippen LogP contribution in [0.25, 0.3) is 0 Å². The summed E-state index contributed by atoms with van der Waals surface area (Å²) in [4.78, 5) is 14.8. The number of piperidine rings is 1. The molecule has 2 aliphatic rings. The van der Waals surface area contributed by atoms with E-state index < -0.39 is 12.1 Å². The highest BCUT2D eigenvalue weighted by Gasteiger charge is 2.38. The van der Waals surface area contributed by atoms with Crippen molar-refractivity contribution in [1.82, 2.24) is 19.9 Å². The fraction of sp³-hybridized carbons (Fsp3) is 0.464. The maximum absolute atomic E-state index is 12.3. The molecule has 8 heteroatoms. The summed E-state index contributed by atoms with van der Waals surface area (Å²) in [7, 11) is 0. The normalized spacial score (nSPS) is 23.4. The predicted molar refractivity (Wildman–Crippen MR) is 138 cm³/mol. The van der Waals surface area contributed by atoms with Crippen LogP contribution in [0.2, 0.25) is 5.02 Å². The molecule has 0 spiro atoms. The third-order valence-corrected chi connectivity index (χ3v) is 7.75. The van der Waals surface area contributed by atoms with E-state index in [0.717, 1.165) is 11.6 Å². The molecule has 0 radical (unpaired) electrons. The Hall–Kier alpha value is -2.74. The number of hydrogen-bond donors (Lipinski definition) is 1. The highest BCUT2D eigenvalue weighted by molar-refractivity contribution is 6.30. The highest BCUT2D eigenvalue weighted by atomic mass is 35.5. The van der Waals surface area contributed by atoms with E-state index >= 15 is 0 Å². The lowest BCUT2D eigenvalue weighted by atomic mass is 9.85. The molecule has 1 aromatic heterocycles. The van der Waals surface area contributed by atoms with E-state index in [1.807, 2.05) is 18.2 Å². The minimum absolute atomic E-state index is 0.0374. The van der Waals surface area contributed by atoms with Crippen LogP contribution in [0.4, 0.5) is 0 Å². The van der Waals surface area contributed by atoms with Gasteiger partial charge < -0.3 is 9.84 Å². The number of aliphatic hydroxyl groups is 1. The minimum Gasteiger partial charge on any atom is -0.455 e. The number of carbonyl (C=O) groups is 1. The molecule has 36 heavy (non-hydrogen) atoms. The number of likely N-dealkylation sites (tertiary alicyclic amines) is 1. The van der Waals surface area contributed by atoms with Gasteiger partial charge in [0.05, 0.1) is 23.9 Å². The zero-order chi connectivity index (χ0) is 24.9. The first-order chi connectivity index (χ1) is 17.6. The van der Waals surface area contributed by atoms with Crippen molar-refractivity contribution in [3.05, 3.63) is 82.6 Å². The maximum atomic E-state index is 12.3. The van der Waals surface area contributed by atoms with Crippen molar-refractivity contribution in [2.75, 3.05) is 13.1 Å². The van der Waals surface area contributed by atoms with Gasteiger partial charge in [-0.15, -0.1) is 5.10 Å². The molecule has 1 saturated heterocycles. The van der Waals surface area contributed by atoms with E-state index in [1.165, 1.54) is 37.7 Å². The number of nitrogens with zero attached hydrogens (tertiary/aromatic N) is 4. The monoisotopic (exact) mass is 508 g/mol. The van der Waals surface area contributed by atoms with Crippen LogP contribution in [0, 0.1) is 5.92 Å². The number of halogens is 1. The van der Waals surface area contributed by atoms with Crippen LogP contribution in [0.3, 0.4) is 0 Å². The number of aromatic nitrogens is 3. The second-order valence-corrected chi connectivity index (χ2v) is 10.5. The van der Waals surface area contributed by atoms with Gasteiger partial charge in [-0.3, -0.25) is 4.90 Å². The van der Waals surface area contributed by atoms with Crippen LogP contribution < -0.4 is 0 Å². The lowest BCUT2D eigenvalue weighted by Gasteiger charge is -2.44. The van der Waals surface area contributed by atoms with E-state index in [9.17, 15) is 9.90 Å². The smallest absolute Gasteiger partial charge is 0.338 e. The van der Waals surface area contributed by atoms with Crippen molar-refractivity contribution in [3.63, 3.8) is 0 Å². The van der Waals surface area contributed by atoms with Gasteiger partial charge in [-0.1, -0.05) is 66.4 Å². The molecule has 3 atom stereocenters. The summed E-state index contributed by atoms with van der Waals surface area (Å²) in [5.41, 5.74) is 2.24. The quantitative estimate of drug-likeness (QED) is 0.441. The van der Waals surface area contributed by atoms with Crippen LogP contribution in [-0.4, -0.2) is 50.2 Å². The summed E-state index contributed by atoms with van der Waals surface area (Å²) in [6, 6.07) is 16.8. The topological polar surface area (TPSA) is 80.5 Å². The summed E-state index contributed by atoms with van der Waals surface area (Å²) in [6.45, 7) is 1.72. The number of esters is 1. The third kappa shape index (κ3) is 5.97. The maximum Gasteiger partial charge on any atom is 0.338 e. The van der Waals surface area contributed by atoms with Gasteiger partial charge in [0.25, 0.3) is 0 Å². The molecule has 2 heterocycles. The summed E-state index contributed by atoms with van der Waals surface area (Å²) >= 11 is 6.14. The second-order valence-electron chi connectivity index (χ2n) is 10.0. The molecule has 190 valence electrons. The Bertz CT molecular complexity index is 1130. The Balaban J connectivity index is 1.29. The largest absolute Gasteiger partial charge is 0.455 e. The van der Waals surface area contributed by atoms with Crippen molar-refractivity contribution in [1.29, 1.82) is 0 Å². The summed E-state index contributed by atoms with van der Waals surface area (Å²) in [6.07, 6.45) is 8.26. The molecular formula is C28H33ClN4O3. The summed E-state index contributed by atoms with van der Waals surface area (Å²) < 4.78 is 7.15. The molecule has 7 nitrogen and oxygen atoms in total. The Kier molecular flexibility index (Phi) is 7.99. The molecule has 3 aromatic rings. The van der Waals surface area contributed by atoms with Crippen molar-refractivity contribution in [2.24, 2.45) is 5.92 Å². The minimum atomic E-state index is -0.574. The highest BCUT2D eigenvalue weighted by Crippen LogP contribution is 2.38. The molecule has 2 aromatic carbocycles. The van der Waals surface area contributed by atoms with E-state index in [-0.39, 0.29) is 18.7 Å². The van der Waals surface area contributed by atoms with Crippen LogP contribution in [0.5, 0.6) is 0 Å². The molecular weight excluding hydrogens is 476 g/mol. The SMILES string of the molecule is O=C(OCc1cn([C@H]2CN(CC3CCCCC3)[C@@H](c3ccc(Cl)cc3)C[C@H]2O)nn1)c1ccccc1. The van der Waals surface area contributed by atoms with Gasteiger partial charge in [0.15, 0.2) is 0 Å². The van der Waals surface area contributed by atoms with Gasteiger partial charge in [-0.05, 0) is 55.0 Å². The number of aliphatic hydroxyl groups excluding tert-OH is 1. The molecule has 1 aliphatic carbocycles.